The van der Waals surface area contributed by atoms with Crippen LogP contribution in [0.2, 0.25) is 0 Å². The molecule has 0 aliphatic rings. The van der Waals surface area contributed by atoms with E-state index >= 15 is 0 Å². The highest BCUT2D eigenvalue weighted by atomic mass is 32.1. The maximum atomic E-state index is 10.6. The first-order valence-electron chi connectivity index (χ1n) is 4.76. The number of phenols is 1. The van der Waals surface area contributed by atoms with Gasteiger partial charge in [-0.05, 0) is 30.4 Å². The Hall–Kier alpha value is -2.08. The fraction of sp³-hybridized carbons (Fsp3) is 0.0909. The van der Waals surface area contributed by atoms with E-state index in [1.807, 2.05) is 0 Å². The van der Waals surface area contributed by atoms with Crippen LogP contribution in [0.4, 0.5) is 5.69 Å². The predicted molar refractivity (Wildman–Crippen MR) is 69.5 cm³/mol. The molecule has 4 N–H and O–H groups in total. The number of nitrogens with one attached hydrogen (secondary N) is 2. The van der Waals surface area contributed by atoms with E-state index in [9.17, 15) is 9.90 Å². The summed E-state index contributed by atoms with van der Waals surface area (Å²) in [5.41, 5.74) is 0.356. The number of anilines is 1. The number of phenolic OH excluding ortho intramolecular Hbond substituents is 1. The zero-order chi connectivity index (χ0) is 12.8. The lowest BCUT2D eigenvalue weighted by Gasteiger charge is -2.10. The minimum Gasteiger partial charge on any atom is -0.506 e. The Morgan fingerprint density at radius 1 is 1.53 bits per heavy atom. The monoisotopic (exact) mass is 252 g/mol. The third-order valence-corrected chi connectivity index (χ3v) is 2.15. The van der Waals surface area contributed by atoms with Crippen LogP contribution in [-0.2, 0) is 0 Å². The smallest absolute Gasteiger partial charge is 0.335 e. The van der Waals surface area contributed by atoms with Gasteiger partial charge in [0, 0.05) is 6.54 Å². The maximum absolute atomic E-state index is 10.6. The van der Waals surface area contributed by atoms with Crippen molar-refractivity contribution in [2.75, 3.05) is 11.9 Å². The summed E-state index contributed by atoms with van der Waals surface area (Å²) in [6, 6.07) is 3.97. The molecule has 1 rings (SSSR count). The van der Waals surface area contributed by atoms with Gasteiger partial charge in [0.05, 0.1) is 11.3 Å². The molecule has 0 spiro atoms. The number of rotatable bonds is 4. The van der Waals surface area contributed by atoms with Crippen LogP contribution in [0.15, 0.2) is 30.9 Å². The first-order valence-corrected chi connectivity index (χ1v) is 5.17. The normalized spacial score (nSPS) is 9.41. The number of benzene rings is 1. The molecule has 0 radical (unpaired) electrons. The van der Waals surface area contributed by atoms with Crippen LogP contribution in [0.5, 0.6) is 5.75 Å². The van der Waals surface area contributed by atoms with Crippen LogP contribution in [0.25, 0.3) is 0 Å². The molecule has 0 fully saturated rings. The minimum absolute atomic E-state index is 0.0121. The average molecular weight is 252 g/mol. The molecule has 1 aromatic rings. The molecule has 1 aromatic carbocycles. The van der Waals surface area contributed by atoms with Crippen LogP contribution in [-0.4, -0.2) is 27.8 Å². The second-order valence-corrected chi connectivity index (χ2v) is 3.57. The molecular weight excluding hydrogens is 240 g/mol. The molecule has 17 heavy (non-hydrogen) atoms. The summed E-state index contributed by atoms with van der Waals surface area (Å²) in [6.07, 6.45) is 1.64. The van der Waals surface area contributed by atoms with E-state index in [0.29, 0.717) is 17.3 Å². The third kappa shape index (κ3) is 3.76. The number of aromatic carboxylic acids is 1. The van der Waals surface area contributed by atoms with E-state index in [1.54, 1.807) is 6.08 Å². The Morgan fingerprint density at radius 3 is 2.76 bits per heavy atom. The lowest BCUT2D eigenvalue weighted by molar-refractivity contribution is 0.0696. The van der Waals surface area contributed by atoms with Crippen molar-refractivity contribution in [2.45, 2.75) is 0 Å². The second-order valence-electron chi connectivity index (χ2n) is 3.16. The van der Waals surface area contributed by atoms with Gasteiger partial charge >= 0.3 is 5.97 Å². The van der Waals surface area contributed by atoms with E-state index in [1.165, 1.54) is 12.1 Å². The highest BCUT2D eigenvalue weighted by Crippen LogP contribution is 2.24. The third-order valence-electron chi connectivity index (χ3n) is 1.90. The molecule has 90 valence electrons. The van der Waals surface area contributed by atoms with Crippen molar-refractivity contribution in [3.63, 3.8) is 0 Å². The van der Waals surface area contributed by atoms with Gasteiger partial charge in [-0.2, -0.15) is 0 Å². The van der Waals surface area contributed by atoms with Crippen molar-refractivity contribution in [1.29, 1.82) is 0 Å². The van der Waals surface area contributed by atoms with Crippen LogP contribution >= 0.6 is 12.2 Å². The number of aromatic hydroxyl groups is 1. The molecule has 0 bridgehead atoms. The van der Waals surface area contributed by atoms with Gasteiger partial charge in [0.25, 0.3) is 0 Å². The van der Waals surface area contributed by atoms with Gasteiger partial charge in [0.1, 0.15) is 5.75 Å². The van der Waals surface area contributed by atoms with Gasteiger partial charge in [-0.15, -0.1) is 6.58 Å². The van der Waals surface area contributed by atoms with E-state index in [2.05, 4.69) is 17.2 Å². The molecule has 0 saturated carbocycles. The number of thiocarbonyl (C=S) groups is 1. The molecule has 0 saturated heterocycles. The first-order chi connectivity index (χ1) is 8.04. The molecule has 0 unspecified atom stereocenters. The van der Waals surface area contributed by atoms with Gasteiger partial charge in [0.2, 0.25) is 0 Å². The average Bonchev–Trinajstić information content (AvgIpc) is 2.28. The summed E-state index contributed by atoms with van der Waals surface area (Å²) >= 11 is 4.95. The molecule has 0 aliphatic carbocycles. The Kier molecular flexibility index (Phi) is 4.47. The molecule has 5 nitrogen and oxygen atoms in total. The molecule has 0 amide bonds. The largest absolute Gasteiger partial charge is 0.506 e. The van der Waals surface area contributed by atoms with Crippen LogP contribution < -0.4 is 10.6 Å². The number of hydrogen-bond donors (Lipinski definition) is 4. The lowest BCUT2D eigenvalue weighted by Crippen LogP contribution is -2.28. The van der Waals surface area contributed by atoms with E-state index in [4.69, 9.17) is 17.3 Å². The van der Waals surface area contributed by atoms with Gasteiger partial charge in [-0.1, -0.05) is 6.08 Å². The molecule has 0 heterocycles. The maximum Gasteiger partial charge on any atom is 0.335 e. The van der Waals surface area contributed by atoms with Crippen molar-refractivity contribution in [1.82, 2.24) is 5.32 Å². The quantitative estimate of drug-likeness (QED) is 0.370. The summed E-state index contributed by atoms with van der Waals surface area (Å²) < 4.78 is 0. The van der Waals surface area contributed by atoms with Crippen molar-refractivity contribution in [3.05, 3.63) is 36.4 Å². The first kappa shape index (κ1) is 13.0. The van der Waals surface area contributed by atoms with Crippen molar-refractivity contribution >= 4 is 29.0 Å². The Balaban J connectivity index is 2.75. The second kappa shape index (κ2) is 5.86. The fourth-order valence-corrected chi connectivity index (χ4v) is 1.30. The summed E-state index contributed by atoms with van der Waals surface area (Å²) in [5, 5.41) is 24.2. The zero-order valence-corrected chi connectivity index (χ0v) is 9.75. The number of carboxylic acid groups (broad SMARTS) is 1. The standard InChI is InChI=1S/C11H12N2O3S/c1-2-5-12-11(17)13-8-4-3-7(10(15)16)6-9(8)14/h2-4,6,14H,1,5H2,(H,15,16)(H2,12,13,17). The Labute approximate surface area is 104 Å². The fourth-order valence-electron chi connectivity index (χ4n) is 1.10. The van der Waals surface area contributed by atoms with Gasteiger partial charge in [-0.3, -0.25) is 0 Å². The lowest BCUT2D eigenvalue weighted by atomic mass is 10.2. The van der Waals surface area contributed by atoms with Crippen LogP contribution in [0.3, 0.4) is 0 Å². The topological polar surface area (TPSA) is 81.6 Å². The number of hydrogen-bond acceptors (Lipinski definition) is 3. The zero-order valence-electron chi connectivity index (χ0n) is 8.93. The molecule has 0 aliphatic heterocycles. The van der Waals surface area contributed by atoms with Crippen molar-refractivity contribution in [2.24, 2.45) is 0 Å². The Morgan fingerprint density at radius 2 is 2.24 bits per heavy atom. The summed E-state index contributed by atoms with van der Waals surface area (Å²) in [4.78, 5) is 10.6. The summed E-state index contributed by atoms with van der Waals surface area (Å²) in [7, 11) is 0. The van der Waals surface area contributed by atoms with Gasteiger partial charge < -0.3 is 20.8 Å². The highest BCUT2D eigenvalue weighted by molar-refractivity contribution is 7.80. The molecular formula is C11H12N2O3S. The van der Waals surface area contributed by atoms with Gasteiger partial charge in [0.15, 0.2) is 5.11 Å². The summed E-state index contributed by atoms with van der Waals surface area (Å²) in [6.45, 7) is 4.02. The molecule has 0 atom stereocenters. The van der Waals surface area contributed by atoms with E-state index in [0.717, 1.165) is 6.07 Å². The van der Waals surface area contributed by atoms with E-state index in [-0.39, 0.29) is 11.3 Å². The number of carboxylic acids is 1. The SMILES string of the molecule is C=CCNC(=S)Nc1ccc(C(=O)O)cc1O. The minimum atomic E-state index is -1.10. The van der Waals surface area contributed by atoms with E-state index < -0.39 is 5.97 Å². The Bertz CT molecular complexity index is 460. The van der Waals surface area contributed by atoms with Crippen LogP contribution in [0, 0.1) is 0 Å². The predicted octanol–water partition coefficient (Wildman–Crippen LogP) is 1.56. The molecule has 0 aromatic heterocycles. The van der Waals surface area contributed by atoms with Crippen LogP contribution in [0.1, 0.15) is 10.4 Å². The number of carbonyl (C=O) groups is 1. The van der Waals surface area contributed by atoms with Crippen molar-refractivity contribution < 1.29 is 15.0 Å². The van der Waals surface area contributed by atoms with Gasteiger partial charge in [-0.25, -0.2) is 4.79 Å². The molecule has 6 heteroatoms. The highest BCUT2D eigenvalue weighted by Gasteiger charge is 2.08. The van der Waals surface area contributed by atoms with Crippen molar-refractivity contribution in [3.8, 4) is 5.75 Å². The summed E-state index contributed by atoms with van der Waals surface area (Å²) in [5.74, 6) is -1.27.